The molecule has 1 aromatic carbocycles. The maximum atomic E-state index is 12.5. The van der Waals surface area contributed by atoms with Crippen LogP contribution in [0.2, 0.25) is 0 Å². The highest BCUT2D eigenvalue weighted by atomic mass is 32.1. The number of hydrogen-bond acceptors (Lipinski definition) is 8. The first-order chi connectivity index (χ1) is 16.2. The average Bonchev–Trinajstić information content (AvgIpc) is 3.48. The third-order valence-corrected chi connectivity index (χ3v) is 6.58. The third-order valence-electron chi connectivity index (χ3n) is 5.53. The summed E-state index contributed by atoms with van der Waals surface area (Å²) < 4.78 is 6.15. The lowest BCUT2D eigenvalue weighted by atomic mass is 10.1. The first-order valence-corrected chi connectivity index (χ1v) is 11.9. The van der Waals surface area contributed by atoms with E-state index >= 15 is 0 Å². The highest BCUT2D eigenvalue weighted by Crippen LogP contribution is 2.33. The van der Waals surface area contributed by atoms with Crippen LogP contribution in [-0.4, -0.2) is 45.2 Å². The molecule has 0 unspecified atom stereocenters. The van der Waals surface area contributed by atoms with Gasteiger partial charge in [-0.2, -0.15) is 5.10 Å². The van der Waals surface area contributed by atoms with Gasteiger partial charge in [-0.15, -0.1) is 11.3 Å². The zero-order valence-corrected chi connectivity index (χ0v) is 19.0. The minimum Gasteiger partial charge on any atom is -0.456 e. The van der Waals surface area contributed by atoms with E-state index in [4.69, 9.17) is 4.74 Å². The van der Waals surface area contributed by atoms with E-state index in [0.29, 0.717) is 33.9 Å². The van der Waals surface area contributed by atoms with Gasteiger partial charge in [0.1, 0.15) is 16.9 Å². The number of piperidine rings is 1. The summed E-state index contributed by atoms with van der Waals surface area (Å²) in [5.74, 6) is 1.79. The summed E-state index contributed by atoms with van der Waals surface area (Å²) in [5, 5.41) is 18.5. The number of H-pyrrole nitrogens is 1. The van der Waals surface area contributed by atoms with Crippen LogP contribution in [0, 0.1) is 0 Å². The molecule has 0 bridgehead atoms. The van der Waals surface area contributed by atoms with Crippen molar-refractivity contribution in [2.45, 2.75) is 32.2 Å². The molecule has 33 heavy (non-hydrogen) atoms. The zero-order chi connectivity index (χ0) is 22.6. The third kappa shape index (κ3) is 4.81. The summed E-state index contributed by atoms with van der Waals surface area (Å²) in [5.41, 5.74) is 1.19. The molecule has 170 valence electrons. The molecule has 10 heteroatoms. The molecule has 1 aliphatic rings. The van der Waals surface area contributed by atoms with Crippen molar-refractivity contribution in [2.75, 3.05) is 23.7 Å². The van der Waals surface area contributed by atoms with Crippen molar-refractivity contribution in [3.8, 4) is 11.5 Å². The Hall–Kier alpha value is -3.50. The monoisotopic (exact) mass is 463 g/mol. The minimum atomic E-state index is -0.202. The van der Waals surface area contributed by atoms with Crippen LogP contribution in [0.25, 0.3) is 11.0 Å². The van der Waals surface area contributed by atoms with Crippen LogP contribution in [-0.2, 0) is 6.42 Å². The van der Waals surface area contributed by atoms with Crippen LogP contribution in [0.15, 0.2) is 42.7 Å². The Labute approximate surface area is 195 Å². The molecule has 5 rings (SSSR count). The summed E-state index contributed by atoms with van der Waals surface area (Å²) in [6, 6.07) is 9.15. The molecular formula is C23H25N7O2S. The number of amides is 1. The normalized spacial score (nSPS) is 16.0. The maximum absolute atomic E-state index is 12.5. The zero-order valence-electron chi connectivity index (χ0n) is 18.2. The van der Waals surface area contributed by atoms with Crippen LogP contribution in [0.1, 0.15) is 35.0 Å². The standard InChI is InChI=1S/C23H25N7O2S/c1-2-17-13-26-23(33-17)28-22(31)14-5-7-16(8-6-14)32-18-9-11-25-20-19(18)21(30-29-20)27-15-4-3-10-24-12-15/h5-9,11,13,15,24H,2-4,10,12H2,1H3,(H,26,28,31)(H2,25,27,29,30)/t15-/m1/s1. The molecule has 1 fully saturated rings. The molecule has 0 radical (unpaired) electrons. The second kappa shape index (κ2) is 9.55. The van der Waals surface area contributed by atoms with E-state index in [9.17, 15) is 4.79 Å². The van der Waals surface area contributed by atoms with Crippen LogP contribution in [0.4, 0.5) is 10.9 Å². The van der Waals surface area contributed by atoms with Gasteiger partial charge < -0.3 is 15.4 Å². The summed E-state index contributed by atoms with van der Waals surface area (Å²) >= 11 is 1.48. The van der Waals surface area contributed by atoms with Gasteiger partial charge in [0.25, 0.3) is 5.91 Å². The second-order valence-corrected chi connectivity index (χ2v) is 8.97. The number of ether oxygens (including phenoxy) is 1. The highest BCUT2D eigenvalue weighted by Gasteiger charge is 2.19. The summed E-state index contributed by atoms with van der Waals surface area (Å²) in [7, 11) is 0. The summed E-state index contributed by atoms with van der Waals surface area (Å²) in [6.07, 6.45) is 6.58. The Morgan fingerprint density at radius 1 is 1.24 bits per heavy atom. The fourth-order valence-electron chi connectivity index (χ4n) is 3.78. The van der Waals surface area contributed by atoms with E-state index in [1.807, 2.05) is 6.07 Å². The first kappa shape index (κ1) is 21.4. The maximum Gasteiger partial charge on any atom is 0.257 e. The molecule has 3 aromatic heterocycles. The van der Waals surface area contributed by atoms with Crippen molar-refractivity contribution >= 4 is 39.2 Å². The number of thiazole rings is 1. The van der Waals surface area contributed by atoms with E-state index in [0.717, 1.165) is 48.4 Å². The quantitative estimate of drug-likeness (QED) is 0.325. The Morgan fingerprint density at radius 2 is 2.12 bits per heavy atom. The van der Waals surface area contributed by atoms with Crippen molar-refractivity contribution < 1.29 is 9.53 Å². The van der Waals surface area contributed by atoms with Crippen molar-refractivity contribution in [3.63, 3.8) is 0 Å². The molecule has 1 amide bonds. The number of aromatic amines is 1. The first-order valence-electron chi connectivity index (χ1n) is 11.0. The molecule has 1 atom stereocenters. The molecule has 1 saturated heterocycles. The number of hydrogen-bond donors (Lipinski definition) is 4. The fourth-order valence-corrected chi connectivity index (χ4v) is 4.53. The number of aromatic nitrogens is 4. The van der Waals surface area contributed by atoms with E-state index in [1.54, 1.807) is 36.7 Å². The number of fused-ring (bicyclic) bond motifs is 1. The van der Waals surface area contributed by atoms with Gasteiger partial charge in [0.05, 0.1) is 0 Å². The van der Waals surface area contributed by atoms with E-state index in [-0.39, 0.29) is 5.91 Å². The Bertz CT molecular complexity index is 1250. The summed E-state index contributed by atoms with van der Waals surface area (Å²) in [6.45, 7) is 4.01. The molecule has 4 heterocycles. The fraction of sp³-hybridized carbons (Fsp3) is 0.304. The van der Waals surface area contributed by atoms with E-state index < -0.39 is 0 Å². The molecule has 0 spiro atoms. The summed E-state index contributed by atoms with van der Waals surface area (Å²) in [4.78, 5) is 22.3. The minimum absolute atomic E-state index is 0.202. The van der Waals surface area contributed by atoms with Crippen LogP contribution in [0.5, 0.6) is 11.5 Å². The molecule has 9 nitrogen and oxygen atoms in total. The van der Waals surface area contributed by atoms with Crippen LogP contribution >= 0.6 is 11.3 Å². The molecule has 4 N–H and O–H groups in total. The van der Waals surface area contributed by atoms with Gasteiger partial charge in [0.2, 0.25) is 0 Å². The highest BCUT2D eigenvalue weighted by molar-refractivity contribution is 7.15. The van der Waals surface area contributed by atoms with Gasteiger partial charge in [0, 0.05) is 41.5 Å². The van der Waals surface area contributed by atoms with Crippen molar-refractivity contribution in [2.24, 2.45) is 0 Å². The average molecular weight is 464 g/mol. The Balaban J connectivity index is 1.31. The Kier molecular flexibility index (Phi) is 6.18. The van der Waals surface area contributed by atoms with Crippen molar-refractivity contribution in [1.82, 2.24) is 25.5 Å². The van der Waals surface area contributed by atoms with Gasteiger partial charge in [-0.3, -0.25) is 15.2 Å². The number of anilines is 2. The number of aryl methyl sites for hydroxylation is 1. The van der Waals surface area contributed by atoms with Gasteiger partial charge >= 0.3 is 0 Å². The van der Waals surface area contributed by atoms with Crippen LogP contribution < -0.4 is 20.7 Å². The molecule has 4 aromatic rings. The molecular weight excluding hydrogens is 438 g/mol. The number of pyridine rings is 1. The van der Waals surface area contributed by atoms with Gasteiger partial charge in [-0.05, 0) is 50.1 Å². The number of rotatable bonds is 7. The number of carbonyl (C=O) groups excluding carboxylic acids is 1. The number of carbonyl (C=O) groups is 1. The lowest BCUT2D eigenvalue weighted by Gasteiger charge is -2.23. The second-order valence-electron chi connectivity index (χ2n) is 7.86. The predicted octanol–water partition coefficient (Wildman–Crippen LogP) is 4.19. The van der Waals surface area contributed by atoms with Crippen LogP contribution in [0.3, 0.4) is 0 Å². The lowest BCUT2D eigenvalue weighted by molar-refractivity contribution is 0.102. The van der Waals surface area contributed by atoms with Crippen molar-refractivity contribution in [3.05, 3.63) is 53.2 Å². The molecule has 0 saturated carbocycles. The van der Waals surface area contributed by atoms with E-state index in [2.05, 4.69) is 43.0 Å². The van der Waals surface area contributed by atoms with Gasteiger partial charge in [0.15, 0.2) is 16.6 Å². The van der Waals surface area contributed by atoms with E-state index in [1.165, 1.54) is 11.3 Å². The number of nitrogens with one attached hydrogen (secondary N) is 4. The van der Waals surface area contributed by atoms with Gasteiger partial charge in [-0.25, -0.2) is 9.97 Å². The molecule has 1 aliphatic heterocycles. The predicted molar refractivity (Wildman–Crippen MR) is 129 cm³/mol. The van der Waals surface area contributed by atoms with Crippen molar-refractivity contribution in [1.29, 1.82) is 0 Å². The SMILES string of the molecule is CCc1cnc(NC(=O)c2ccc(Oc3ccnc4[nH]nc(N[C@@H]5CCCNC5)c34)cc2)s1. The lowest BCUT2D eigenvalue weighted by Crippen LogP contribution is -2.38. The van der Waals surface area contributed by atoms with Gasteiger partial charge in [-0.1, -0.05) is 6.92 Å². The largest absolute Gasteiger partial charge is 0.456 e. The number of nitrogens with zero attached hydrogens (tertiary/aromatic N) is 3. The molecule has 0 aliphatic carbocycles. The number of benzene rings is 1. The topological polar surface area (TPSA) is 117 Å². The Morgan fingerprint density at radius 3 is 2.88 bits per heavy atom. The smallest absolute Gasteiger partial charge is 0.257 e.